The maximum Gasteiger partial charge on any atom is 0.328 e. The van der Waals surface area contributed by atoms with Crippen molar-refractivity contribution < 1.29 is 14.6 Å². The Bertz CT molecular complexity index is 1470. The zero-order valence-corrected chi connectivity index (χ0v) is 20.4. The molecule has 3 aromatic carbocycles. The smallest absolute Gasteiger partial charge is 0.328 e. The number of carboxylic acids is 1. The first-order chi connectivity index (χ1) is 18.0. The fourth-order valence-electron chi connectivity index (χ4n) is 4.10. The Labute approximate surface area is 215 Å². The summed E-state index contributed by atoms with van der Waals surface area (Å²) >= 11 is 0. The summed E-state index contributed by atoms with van der Waals surface area (Å²) in [7, 11) is 0. The number of nitrogens with one attached hydrogen (secondary N) is 1. The van der Waals surface area contributed by atoms with Crippen LogP contribution in [0.15, 0.2) is 97.2 Å². The minimum Gasteiger partial charge on any atom is -0.478 e. The van der Waals surface area contributed by atoms with Gasteiger partial charge in [0.15, 0.2) is 0 Å². The van der Waals surface area contributed by atoms with Gasteiger partial charge in [-0.25, -0.2) is 9.78 Å². The van der Waals surface area contributed by atoms with E-state index in [1.165, 1.54) is 6.21 Å². The molecule has 0 radical (unpaired) electrons. The summed E-state index contributed by atoms with van der Waals surface area (Å²) < 4.78 is 5.98. The first-order valence-electron chi connectivity index (χ1n) is 11.8. The highest BCUT2D eigenvalue weighted by molar-refractivity contribution is 6.00. The van der Waals surface area contributed by atoms with Crippen LogP contribution in [0.2, 0.25) is 0 Å². The van der Waals surface area contributed by atoms with Gasteiger partial charge in [-0.1, -0.05) is 55.5 Å². The summed E-state index contributed by atoms with van der Waals surface area (Å²) in [5.74, 6) is 0.195. The molecule has 0 spiro atoms. The van der Waals surface area contributed by atoms with Crippen molar-refractivity contribution in [2.24, 2.45) is 0 Å². The van der Waals surface area contributed by atoms with Crippen molar-refractivity contribution in [3.05, 3.63) is 125 Å². The lowest BCUT2D eigenvalue weighted by Gasteiger charge is -2.18. The van der Waals surface area contributed by atoms with Crippen LogP contribution in [0.25, 0.3) is 17.2 Å². The van der Waals surface area contributed by atoms with Gasteiger partial charge in [0.1, 0.15) is 5.75 Å². The highest BCUT2D eigenvalue weighted by Crippen LogP contribution is 2.37. The summed E-state index contributed by atoms with van der Waals surface area (Å²) in [6.07, 6.45) is 6.35. The molecule has 4 N–H and O–H groups in total. The van der Waals surface area contributed by atoms with Crippen molar-refractivity contribution >= 4 is 35.1 Å². The monoisotopic (exact) mass is 489 g/mol. The minimum absolute atomic E-state index is 0.515. The normalized spacial score (nSPS) is 11.7. The number of nitrogens with zero attached hydrogens (tertiary/aromatic N) is 1. The van der Waals surface area contributed by atoms with Gasteiger partial charge in [0.05, 0.1) is 0 Å². The molecule has 184 valence electrons. The number of aromatic nitrogens is 1. The third-order valence-corrected chi connectivity index (χ3v) is 5.85. The number of benzene rings is 3. The van der Waals surface area contributed by atoms with E-state index < -0.39 is 5.97 Å². The number of ether oxygens (including phenoxy) is 1. The number of aliphatic carboxylic acids is 1. The number of nitrogen functional groups attached to an aromatic ring is 1. The number of hydrogen-bond acceptors (Lipinski definition) is 5. The largest absolute Gasteiger partial charge is 0.478 e. The van der Waals surface area contributed by atoms with Crippen LogP contribution in [-0.4, -0.2) is 22.3 Å². The zero-order valence-electron chi connectivity index (χ0n) is 20.4. The van der Waals surface area contributed by atoms with Gasteiger partial charge >= 0.3 is 5.97 Å². The molecule has 0 aliphatic carbocycles. The lowest BCUT2D eigenvalue weighted by atomic mass is 9.87. The maximum absolute atomic E-state index is 10.9. The third-order valence-electron chi connectivity index (χ3n) is 5.85. The molecule has 4 aromatic rings. The van der Waals surface area contributed by atoms with E-state index in [1.54, 1.807) is 12.3 Å². The topological polar surface area (TPSA) is 109 Å². The van der Waals surface area contributed by atoms with Gasteiger partial charge in [-0.3, -0.25) is 0 Å². The molecule has 0 fully saturated rings. The minimum atomic E-state index is -0.994. The molecule has 6 nitrogen and oxygen atoms in total. The molecule has 0 saturated carbocycles. The second-order valence-corrected chi connectivity index (χ2v) is 8.29. The van der Waals surface area contributed by atoms with Crippen molar-refractivity contribution in [3.63, 3.8) is 0 Å². The van der Waals surface area contributed by atoms with Gasteiger partial charge in [-0.15, -0.1) is 0 Å². The molecular formula is C31H27N3O3. The Morgan fingerprint density at radius 2 is 1.76 bits per heavy atom. The SMILES string of the molecule is CC/C(=C(/c1ccc(/C=C/C(=O)O)cc1)c1ccc(N)c(C=N)c1)c1cccc(Oc2ccccn2)c1. The fraction of sp³-hybridized carbons (Fsp3) is 0.0645. The molecule has 0 saturated heterocycles. The van der Waals surface area contributed by atoms with Gasteiger partial charge in [-0.05, 0) is 76.2 Å². The Kier molecular flexibility index (Phi) is 7.91. The Morgan fingerprint density at radius 3 is 2.43 bits per heavy atom. The second kappa shape index (κ2) is 11.6. The molecule has 4 rings (SSSR count). The summed E-state index contributed by atoms with van der Waals surface area (Å²) in [4.78, 5) is 15.2. The molecule has 1 heterocycles. The number of carbonyl (C=O) groups is 1. The molecular weight excluding hydrogens is 462 g/mol. The number of allylic oxidation sites excluding steroid dienone is 1. The Balaban J connectivity index is 1.86. The van der Waals surface area contributed by atoms with Gasteiger partial charge in [-0.2, -0.15) is 0 Å². The average Bonchev–Trinajstić information content (AvgIpc) is 2.92. The van der Waals surface area contributed by atoms with Gasteiger partial charge < -0.3 is 21.0 Å². The van der Waals surface area contributed by atoms with Crippen LogP contribution in [0.4, 0.5) is 5.69 Å². The molecule has 1 aromatic heterocycles. The summed E-state index contributed by atoms with van der Waals surface area (Å²) in [6, 6.07) is 26.8. The van der Waals surface area contributed by atoms with Gasteiger partial charge in [0, 0.05) is 35.8 Å². The molecule has 6 heteroatoms. The first kappa shape index (κ1) is 25.1. The summed E-state index contributed by atoms with van der Waals surface area (Å²) in [5, 5.41) is 16.7. The average molecular weight is 490 g/mol. The van der Waals surface area contributed by atoms with Crippen LogP contribution in [0, 0.1) is 5.41 Å². The molecule has 37 heavy (non-hydrogen) atoms. The standard InChI is InChI=1S/C31H27N3O3/c1-2-27(23-6-5-7-26(19-23)37-29-8-3-4-17-34-29)31(24-14-15-28(33)25(18-24)20-32)22-12-9-21(10-13-22)11-16-30(35)36/h3-20,32H,2,33H2,1H3,(H,35,36)/b16-11+,31-27+,32-20?. The van der Waals surface area contributed by atoms with Crippen LogP contribution >= 0.6 is 0 Å². The number of carboxylic acid groups (broad SMARTS) is 1. The van der Waals surface area contributed by atoms with Crippen molar-refractivity contribution in [1.82, 2.24) is 4.98 Å². The Morgan fingerprint density at radius 1 is 0.973 bits per heavy atom. The lowest BCUT2D eigenvalue weighted by molar-refractivity contribution is -0.131. The zero-order chi connectivity index (χ0) is 26.2. The van der Waals surface area contributed by atoms with Crippen molar-refractivity contribution in [2.75, 3.05) is 5.73 Å². The van der Waals surface area contributed by atoms with E-state index >= 15 is 0 Å². The predicted molar refractivity (Wildman–Crippen MR) is 149 cm³/mol. The van der Waals surface area contributed by atoms with E-state index in [1.807, 2.05) is 84.9 Å². The summed E-state index contributed by atoms with van der Waals surface area (Å²) in [6.45, 7) is 2.10. The van der Waals surface area contributed by atoms with Crippen molar-refractivity contribution in [1.29, 1.82) is 5.41 Å². The third kappa shape index (κ3) is 6.18. The van der Waals surface area contributed by atoms with E-state index in [-0.39, 0.29) is 0 Å². The molecule has 0 atom stereocenters. The quantitative estimate of drug-likeness (QED) is 0.102. The number of rotatable bonds is 9. The number of anilines is 1. The molecule has 0 aliphatic rings. The highest BCUT2D eigenvalue weighted by Gasteiger charge is 2.15. The lowest BCUT2D eigenvalue weighted by Crippen LogP contribution is -1.99. The molecule has 0 unspecified atom stereocenters. The van der Waals surface area contributed by atoms with Crippen LogP contribution < -0.4 is 10.5 Å². The van der Waals surface area contributed by atoms with E-state index in [0.29, 0.717) is 22.9 Å². The van der Waals surface area contributed by atoms with Crippen LogP contribution in [-0.2, 0) is 4.79 Å². The fourth-order valence-corrected chi connectivity index (χ4v) is 4.10. The molecule has 0 bridgehead atoms. The second-order valence-electron chi connectivity index (χ2n) is 8.29. The highest BCUT2D eigenvalue weighted by atomic mass is 16.5. The van der Waals surface area contributed by atoms with Crippen molar-refractivity contribution in [2.45, 2.75) is 13.3 Å². The summed E-state index contributed by atoms with van der Waals surface area (Å²) in [5.41, 5.74) is 13.0. The van der Waals surface area contributed by atoms with Crippen LogP contribution in [0.5, 0.6) is 11.6 Å². The Hall–Kier alpha value is -4.97. The van der Waals surface area contributed by atoms with Gasteiger partial charge in [0.2, 0.25) is 5.88 Å². The molecule has 0 aliphatic heterocycles. The number of hydrogen-bond donors (Lipinski definition) is 3. The number of pyridine rings is 1. The predicted octanol–water partition coefficient (Wildman–Crippen LogP) is 6.92. The van der Waals surface area contributed by atoms with E-state index in [9.17, 15) is 4.79 Å². The molecule has 0 amide bonds. The van der Waals surface area contributed by atoms with Gasteiger partial charge in [0.25, 0.3) is 0 Å². The number of nitrogens with two attached hydrogens (primary N) is 1. The first-order valence-corrected chi connectivity index (χ1v) is 11.8. The maximum atomic E-state index is 10.9. The van der Waals surface area contributed by atoms with E-state index in [2.05, 4.69) is 11.9 Å². The van der Waals surface area contributed by atoms with Crippen molar-refractivity contribution in [3.8, 4) is 11.6 Å². The van der Waals surface area contributed by atoms with E-state index in [4.69, 9.17) is 21.0 Å². The van der Waals surface area contributed by atoms with Crippen LogP contribution in [0.1, 0.15) is 41.2 Å². The van der Waals surface area contributed by atoms with Crippen LogP contribution in [0.3, 0.4) is 0 Å². The van der Waals surface area contributed by atoms with E-state index in [0.717, 1.165) is 45.9 Å².